The molecule has 0 aromatic heterocycles. The Morgan fingerprint density at radius 2 is 2.31 bits per heavy atom. The maximum Gasteiger partial charge on any atom is 0.256 e. The van der Waals surface area contributed by atoms with E-state index in [1.807, 2.05) is 0 Å². The van der Waals surface area contributed by atoms with Gasteiger partial charge in [-0.25, -0.2) is 0 Å². The topological polar surface area (TPSA) is 78.5 Å². The Labute approximate surface area is 74.6 Å². The molecule has 1 fully saturated rings. The van der Waals surface area contributed by atoms with Gasteiger partial charge in [0.05, 0.1) is 6.54 Å². The van der Waals surface area contributed by atoms with Crippen molar-refractivity contribution < 1.29 is 14.4 Å². The van der Waals surface area contributed by atoms with Crippen molar-refractivity contribution >= 4 is 18.2 Å². The molecule has 0 radical (unpaired) electrons. The first-order valence-corrected chi connectivity index (χ1v) is 3.61. The molecule has 0 atom stereocenters. The summed E-state index contributed by atoms with van der Waals surface area (Å²) in [5, 5.41) is 5.06. The van der Waals surface area contributed by atoms with Crippen LogP contribution in [0.25, 0.3) is 0 Å². The Balaban J connectivity index is 2.60. The number of hydrogen-bond donors (Lipinski definition) is 2. The summed E-state index contributed by atoms with van der Waals surface area (Å²) in [6.07, 6.45) is 1.55. The summed E-state index contributed by atoms with van der Waals surface area (Å²) in [4.78, 5) is 32.8. The van der Waals surface area contributed by atoms with Crippen LogP contribution < -0.4 is 10.6 Å². The Hall–Kier alpha value is -1.85. The van der Waals surface area contributed by atoms with E-state index in [1.165, 1.54) is 7.05 Å². The minimum Gasteiger partial charge on any atom is -0.362 e. The highest BCUT2D eigenvalue weighted by Crippen LogP contribution is 1.92. The summed E-state index contributed by atoms with van der Waals surface area (Å²) in [7, 11) is 1.34. The van der Waals surface area contributed by atoms with Gasteiger partial charge < -0.3 is 10.6 Å². The molecular formula is C7H9N3O3. The van der Waals surface area contributed by atoms with E-state index >= 15 is 0 Å². The molecule has 3 amide bonds. The number of nitrogens with zero attached hydrogens (tertiary/aromatic N) is 1. The smallest absolute Gasteiger partial charge is 0.256 e. The standard InChI is InChI=1S/C7H9N3O3/c1-10(4-11)7(13)2-5-8-3-6(12)9-5/h2,4,8H,3H2,1H3,(H,9,12)/b5-2+. The Kier molecular flexibility index (Phi) is 2.63. The van der Waals surface area contributed by atoms with Crippen LogP contribution in [-0.4, -0.2) is 36.7 Å². The second kappa shape index (κ2) is 3.70. The lowest BCUT2D eigenvalue weighted by molar-refractivity contribution is -0.132. The summed E-state index contributed by atoms with van der Waals surface area (Å²) in [6.45, 7) is 0.157. The van der Waals surface area contributed by atoms with Crippen LogP contribution in [0.5, 0.6) is 0 Å². The number of hydrogen-bond acceptors (Lipinski definition) is 4. The van der Waals surface area contributed by atoms with E-state index < -0.39 is 5.91 Å². The maximum absolute atomic E-state index is 11.1. The highest BCUT2D eigenvalue weighted by Gasteiger charge is 2.14. The van der Waals surface area contributed by atoms with Crippen molar-refractivity contribution in [2.45, 2.75) is 0 Å². The summed E-state index contributed by atoms with van der Waals surface area (Å²) >= 11 is 0. The number of rotatable bonds is 2. The number of imide groups is 1. The molecule has 0 saturated carbocycles. The van der Waals surface area contributed by atoms with Crippen molar-refractivity contribution in [3.8, 4) is 0 Å². The van der Waals surface area contributed by atoms with Gasteiger partial charge >= 0.3 is 0 Å². The van der Waals surface area contributed by atoms with Gasteiger partial charge in [-0.1, -0.05) is 0 Å². The third kappa shape index (κ3) is 2.29. The van der Waals surface area contributed by atoms with Gasteiger partial charge in [-0.3, -0.25) is 19.3 Å². The van der Waals surface area contributed by atoms with Crippen molar-refractivity contribution in [3.63, 3.8) is 0 Å². The van der Waals surface area contributed by atoms with E-state index in [1.54, 1.807) is 0 Å². The fourth-order valence-corrected chi connectivity index (χ4v) is 0.778. The highest BCUT2D eigenvalue weighted by molar-refractivity contribution is 5.96. The molecule has 0 aromatic rings. The number of likely N-dealkylation sites (N-methyl/N-ethyl adjacent to an activating group) is 1. The molecule has 2 N–H and O–H groups in total. The van der Waals surface area contributed by atoms with E-state index in [4.69, 9.17) is 0 Å². The van der Waals surface area contributed by atoms with Crippen LogP contribution in [0, 0.1) is 0 Å². The molecule has 1 heterocycles. The molecule has 0 aromatic carbocycles. The second-order valence-corrected chi connectivity index (χ2v) is 2.51. The first kappa shape index (κ1) is 9.24. The third-order valence-electron chi connectivity index (χ3n) is 1.49. The first-order chi connectivity index (χ1) is 6.13. The molecule has 0 aliphatic carbocycles. The van der Waals surface area contributed by atoms with Crippen LogP contribution in [0.1, 0.15) is 0 Å². The van der Waals surface area contributed by atoms with Gasteiger partial charge in [0.2, 0.25) is 12.3 Å². The minimum atomic E-state index is -0.486. The number of nitrogens with one attached hydrogen (secondary N) is 2. The van der Waals surface area contributed by atoms with Crippen LogP contribution in [0.15, 0.2) is 11.9 Å². The minimum absolute atomic E-state index is 0.157. The fraction of sp³-hybridized carbons (Fsp3) is 0.286. The molecular weight excluding hydrogens is 174 g/mol. The van der Waals surface area contributed by atoms with Crippen molar-refractivity contribution in [1.29, 1.82) is 0 Å². The fourth-order valence-electron chi connectivity index (χ4n) is 0.778. The van der Waals surface area contributed by atoms with Crippen LogP contribution in [0.2, 0.25) is 0 Å². The molecule has 1 aliphatic heterocycles. The Bertz CT molecular complexity index is 285. The van der Waals surface area contributed by atoms with Crippen molar-refractivity contribution in [2.24, 2.45) is 0 Å². The van der Waals surface area contributed by atoms with Gasteiger partial charge in [-0.2, -0.15) is 0 Å². The Morgan fingerprint density at radius 3 is 2.77 bits per heavy atom. The lowest BCUT2D eigenvalue weighted by Crippen LogP contribution is -2.25. The molecule has 1 aliphatic rings. The zero-order valence-corrected chi connectivity index (χ0v) is 7.03. The predicted octanol–water partition coefficient (Wildman–Crippen LogP) is -1.84. The van der Waals surface area contributed by atoms with Gasteiger partial charge in [0.25, 0.3) is 5.91 Å². The molecule has 6 heteroatoms. The largest absolute Gasteiger partial charge is 0.362 e. The summed E-state index contributed by atoms with van der Waals surface area (Å²) in [5.41, 5.74) is 0. The van der Waals surface area contributed by atoms with Crippen LogP contribution in [0.4, 0.5) is 0 Å². The third-order valence-corrected chi connectivity index (χ3v) is 1.49. The van der Waals surface area contributed by atoms with E-state index in [-0.39, 0.29) is 12.5 Å². The normalized spacial score (nSPS) is 17.9. The van der Waals surface area contributed by atoms with Gasteiger partial charge in [-0.15, -0.1) is 0 Å². The van der Waals surface area contributed by atoms with E-state index in [0.29, 0.717) is 12.2 Å². The summed E-state index contributed by atoms with van der Waals surface area (Å²) < 4.78 is 0. The second-order valence-electron chi connectivity index (χ2n) is 2.51. The van der Waals surface area contributed by atoms with Crippen molar-refractivity contribution in [1.82, 2.24) is 15.5 Å². The van der Waals surface area contributed by atoms with E-state index in [2.05, 4.69) is 10.6 Å². The molecule has 70 valence electrons. The Morgan fingerprint density at radius 1 is 1.62 bits per heavy atom. The zero-order chi connectivity index (χ0) is 9.84. The number of carbonyl (C=O) groups is 3. The van der Waals surface area contributed by atoms with Crippen LogP contribution >= 0.6 is 0 Å². The van der Waals surface area contributed by atoms with Gasteiger partial charge in [0, 0.05) is 13.1 Å². The van der Waals surface area contributed by atoms with Crippen molar-refractivity contribution in [3.05, 3.63) is 11.9 Å². The zero-order valence-electron chi connectivity index (χ0n) is 7.03. The number of amides is 3. The average Bonchev–Trinajstić information content (AvgIpc) is 2.49. The highest BCUT2D eigenvalue weighted by atomic mass is 16.2. The first-order valence-electron chi connectivity index (χ1n) is 3.61. The van der Waals surface area contributed by atoms with Gasteiger partial charge in [0.15, 0.2) is 0 Å². The maximum atomic E-state index is 11.1. The molecule has 1 rings (SSSR count). The quantitative estimate of drug-likeness (QED) is 0.389. The van der Waals surface area contributed by atoms with Crippen molar-refractivity contribution in [2.75, 3.05) is 13.6 Å². The van der Waals surface area contributed by atoms with E-state index in [0.717, 1.165) is 11.0 Å². The molecule has 6 nitrogen and oxygen atoms in total. The van der Waals surface area contributed by atoms with Gasteiger partial charge in [0.1, 0.15) is 5.82 Å². The lowest BCUT2D eigenvalue weighted by Gasteiger charge is -2.04. The molecule has 0 spiro atoms. The van der Waals surface area contributed by atoms with Crippen LogP contribution in [-0.2, 0) is 14.4 Å². The summed E-state index contributed by atoms with van der Waals surface area (Å²) in [6, 6.07) is 0. The van der Waals surface area contributed by atoms with Crippen LogP contribution in [0.3, 0.4) is 0 Å². The molecule has 13 heavy (non-hydrogen) atoms. The molecule has 1 saturated heterocycles. The monoisotopic (exact) mass is 183 g/mol. The SMILES string of the molecule is CN(C=O)C(=O)/C=C1\NCC(=O)N1. The summed E-state index contributed by atoms with van der Waals surface area (Å²) in [5.74, 6) is -0.365. The average molecular weight is 183 g/mol. The molecule has 0 unspecified atom stereocenters. The van der Waals surface area contributed by atoms with Gasteiger partial charge in [-0.05, 0) is 0 Å². The predicted molar refractivity (Wildman–Crippen MR) is 43.1 cm³/mol. The number of carbonyl (C=O) groups excluding carboxylic acids is 3. The molecule has 0 bridgehead atoms. The van der Waals surface area contributed by atoms with E-state index in [9.17, 15) is 14.4 Å². The lowest BCUT2D eigenvalue weighted by atomic mass is 10.5.